The molecule has 0 aliphatic heterocycles. The first kappa shape index (κ1) is 25.6. The van der Waals surface area contributed by atoms with Crippen molar-refractivity contribution in [2.45, 2.75) is 46.1 Å². The molecule has 0 fully saturated rings. The van der Waals surface area contributed by atoms with E-state index in [-0.39, 0.29) is 17.8 Å². The number of hydrazine groups is 1. The summed E-state index contributed by atoms with van der Waals surface area (Å²) < 4.78 is 11.9. The van der Waals surface area contributed by atoms with Crippen molar-refractivity contribution in [3.05, 3.63) is 58.1 Å². The summed E-state index contributed by atoms with van der Waals surface area (Å²) >= 11 is 8.47. The Morgan fingerprint density at radius 1 is 1.06 bits per heavy atom. The van der Waals surface area contributed by atoms with Crippen LogP contribution in [0.3, 0.4) is 0 Å². The Labute approximate surface area is 202 Å². The van der Waals surface area contributed by atoms with Crippen LogP contribution in [-0.4, -0.2) is 29.6 Å². The molecule has 2 aromatic rings. The zero-order valence-electron chi connectivity index (χ0n) is 18.5. The Balaban J connectivity index is 1.82. The number of nitrogens with one attached hydrogen (secondary N) is 3. The van der Waals surface area contributed by atoms with Crippen molar-refractivity contribution >= 4 is 45.1 Å². The Morgan fingerprint density at radius 3 is 2.44 bits per heavy atom. The Morgan fingerprint density at radius 2 is 1.78 bits per heavy atom. The van der Waals surface area contributed by atoms with Crippen LogP contribution < -0.4 is 25.6 Å². The van der Waals surface area contributed by atoms with E-state index in [2.05, 4.69) is 45.9 Å². The van der Waals surface area contributed by atoms with Gasteiger partial charge in [-0.15, -0.1) is 0 Å². The molecular formula is C23H28BrN3O4S. The number of ether oxygens (including phenoxy) is 2. The third-order valence-corrected chi connectivity index (χ3v) is 5.34. The monoisotopic (exact) mass is 521 g/mol. The molecule has 172 valence electrons. The normalized spacial score (nSPS) is 11.4. The van der Waals surface area contributed by atoms with Crippen LogP contribution in [0, 0.1) is 0 Å². The zero-order chi connectivity index (χ0) is 23.7. The number of benzene rings is 2. The lowest BCUT2D eigenvalue weighted by Gasteiger charge is -2.16. The quantitative estimate of drug-likeness (QED) is 0.351. The summed E-state index contributed by atoms with van der Waals surface area (Å²) in [5.74, 6) is 0.773. The molecule has 0 saturated heterocycles. The van der Waals surface area contributed by atoms with E-state index in [4.69, 9.17) is 21.7 Å². The number of rotatable bonds is 8. The summed E-state index contributed by atoms with van der Waals surface area (Å²) in [4.78, 5) is 24.5. The van der Waals surface area contributed by atoms with Crippen molar-refractivity contribution in [3.63, 3.8) is 0 Å². The van der Waals surface area contributed by atoms with Crippen molar-refractivity contribution in [1.29, 1.82) is 0 Å². The Kier molecular flexibility index (Phi) is 9.93. The highest BCUT2D eigenvalue weighted by molar-refractivity contribution is 9.10. The Bertz CT molecular complexity index is 968. The van der Waals surface area contributed by atoms with Gasteiger partial charge in [-0.05, 0) is 84.2 Å². The van der Waals surface area contributed by atoms with E-state index < -0.39 is 11.8 Å². The molecule has 2 rings (SSSR count). The molecule has 1 unspecified atom stereocenters. The molecule has 3 N–H and O–H groups in total. The highest BCUT2D eigenvalue weighted by atomic mass is 79.9. The van der Waals surface area contributed by atoms with E-state index in [1.54, 1.807) is 18.2 Å². The van der Waals surface area contributed by atoms with Crippen LogP contribution in [-0.2, 0) is 4.79 Å². The second kappa shape index (κ2) is 12.4. The van der Waals surface area contributed by atoms with Crippen LogP contribution in [0.1, 0.15) is 56.0 Å². The molecule has 0 heterocycles. The lowest BCUT2D eigenvalue weighted by molar-refractivity contribution is -0.123. The van der Waals surface area contributed by atoms with Gasteiger partial charge in [0.1, 0.15) is 11.5 Å². The highest BCUT2D eigenvalue weighted by Crippen LogP contribution is 2.28. The van der Waals surface area contributed by atoms with Gasteiger partial charge in [0.15, 0.2) is 11.7 Å². The van der Waals surface area contributed by atoms with Crippen molar-refractivity contribution in [2.75, 3.05) is 6.61 Å². The van der Waals surface area contributed by atoms with Crippen molar-refractivity contribution in [2.24, 2.45) is 0 Å². The maximum Gasteiger partial charge on any atom is 0.276 e. The van der Waals surface area contributed by atoms with Gasteiger partial charge in [-0.2, -0.15) is 0 Å². The minimum absolute atomic E-state index is 0.0128. The van der Waals surface area contributed by atoms with Gasteiger partial charge in [-0.25, -0.2) is 0 Å². The van der Waals surface area contributed by atoms with Crippen molar-refractivity contribution in [1.82, 2.24) is 16.2 Å². The van der Waals surface area contributed by atoms with Crippen LogP contribution >= 0.6 is 28.1 Å². The van der Waals surface area contributed by atoms with Gasteiger partial charge in [0.05, 0.1) is 10.6 Å². The zero-order valence-corrected chi connectivity index (χ0v) is 20.9. The van der Waals surface area contributed by atoms with Gasteiger partial charge in [0.25, 0.3) is 11.8 Å². The molecule has 2 amide bonds. The Hall–Kier alpha value is -2.65. The van der Waals surface area contributed by atoms with E-state index >= 15 is 0 Å². The third-order valence-electron chi connectivity index (χ3n) is 4.52. The van der Waals surface area contributed by atoms with Gasteiger partial charge < -0.3 is 9.47 Å². The maximum absolute atomic E-state index is 12.4. The van der Waals surface area contributed by atoms with Crippen molar-refractivity contribution < 1.29 is 19.1 Å². The van der Waals surface area contributed by atoms with Crippen LogP contribution in [0.15, 0.2) is 46.9 Å². The standard InChI is InChI=1S/C23H28BrN3O4S/c1-5-15(4)17-8-6-7-9-19(17)30-13-21(28)26-27-23(32)25-22(29)16-10-11-20(18(24)12-16)31-14(2)3/h6-12,14-15H,5,13H2,1-4H3,(H,26,28)(H2,25,27,29,32). The van der Waals surface area contributed by atoms with Gasteiger partial charge in [-0.3, -0.25) is 25.8 Å². The van der Waals surface area contributed by atoms with E-state index in [0.717, 1.165) is 12.0 Å². The molecular weight excluding hydrogens is 494 g/mol. The van der Waals surface area contributed by atoms with Crippen LogP contribution in [0.4, 0.5) is 0 Å². The lowest BCUT2D eigenvalue weighted by Crippen LogP contribution is -2.49. The number of carbonyl (C=O) groups excluding carboxylic acids is 2. The van der Waals surface area contributed by atoms with Crippen LogP contribution in [0.5, 0.6) is 11.5 Å². The maximum atomic E-state index is 12.4. The topological polar surface area (TPSA) is 88.7 Å². The molecule has 0 radical (unpaired) electrons. The number of hydrogen-bond donors (Lipinski definition) is 3. The number of carbonyl (C=O) groups is 2. The fourth-order valence-corrected chi connectivity index (χ4v) is 3.36. The minimum Gasteiger partial charge on any atom is -0.490 e. The molecule has 1 atom stereocenters. The molecule has 0 aliphatic rings. The molecule has 0 spiro atoms. The van der Waals surface area contributed by atoms with E-state index in [9.17, 15) is 9.59 Å². The van der Waals surface area contributed by atoms with Gasteiger partial charge in [-0.1, -0.05) is 32.0 Å². The van der Waals surface area contributed by atoms with E-state index in [0.29, 0.717) is 27.5 Å². The largest absolute Gasteiger partial charge is 0.490 e. The summed E-state index contributed by atoms with van der Waals surface area (Å²) in [7, 11) is 0. The first-order valence-electron chi connectivity index (χ1n) is 10.3. The second-order valence-corrected chi connectivity index (χ2v) is 8.67. The van der Waals surface area contributed by atoms with Crippen LogP contribution in [0.25, 0.3) is 0 Å². The van der Waals surface area contributed by atoms with Gasteiger partial charge in [0, 0.05) is 5.56 Å². The molecule has 0 aliphatic carbocycles. The SMILES string of the molecule is CCC(C)c1ccccc1OCC(=O)NNC(=S)NC(=O)c1ccc(OC(C)C)c(Br)c1. The smallest absolute Gasteiger partial charge is 0.276 e. The summed E-state index contributed by atoms with van der Waals surface area (Å²) in [5.41, 5.74) is 6.35. The molecule has 7 nitrogen and oxygen atoms in total. The first-order chi connectivity index (χ1) is 15.2. The molecule has 0 bridgehead atoms. The fraction of sp³-hybridized carbons (Fsp3) is 0.348. The number of amides is 2. The first-order valence-corrected chi connectivity index (χ1v) is 11.5. The minimum atomic E-state index is -0.432. The van der Waals surface area contributed by atoms with E-state index in [1.807, 2.05) is 38.1 Å². The molecule has 0 aromatic heterocycles. The number of para-hydroxylation sites is 1. The summed E-state index contributed by atoms with van der Waals surface area (Å²) in [6, 6.07) is 12.6. The van der Waals surface area contributed by atoms with Crippen molar-refractivity contribution in [3.8, 4) is 11.5 Å². The third kappa shape index (κ3) is 7.80. The number of halogens is 1. The predicted molar refractivity (Wildman–Crippen MR) is 132 cm³/mol. The second-order valence-electron chi connectivity index (χ2n) is 7.40. The van der Waals surface area contributed by atoms with E-state index in [1.165, 1.54) is 0 Å². The summed E-state index contributed by atoms with van der Waals surface area (Å²) in [6.07, 6.45) is 0.977. The predicted octanol–water partition coefficient (Wildman–Crippen LogP) is 4.46. The van der Waals surface area contributed by atoms with Gasteiger partial charge in [0.2, 0.25) is 0 Å². The lowest BCUT2D eigenvalue weighted by atomic mass is 9.98. The summed E-state index contributed by atoms with van der Waals surface area (Å²) in [5, 5.41) is 2.47. The number of thiocarbonyl (C=S) groups is 1. The fourth-order valence-electron chi connectivity index (χ4n) is 2.74. The highest BCUT2D eigenvalue weighted by Gasteiger charge is 2.13. The molecule has 9 heteroatoms. The van der Waals surface area contributed by atoms with Crippen LogP contribution in [0.2, 0.25) is 0 Å². The molecule has 2 aromatic carbocycles. The van der Waals surface area contributed by atoms with Gasteiger partial charge >= 0.3 is 0 Å². The molecule has 0 saturated carbocycles. The average Bonchev–Trinajstić information content (AvgIpc) is 2.76. The number of hydrogen-bond acceptors (Lipinski definition) is 5. The average molecular weight is 522 g/mol. The summed E-state index contributed by atoms with van der Waals surface area (Å²) in [6.45, 7) is 7.84. The molecule has 32 heavy (non-hydrogen) atoms.